The Labute approximate surface area is 121 Å². The summed E-state index contributed by atoms with van der Waals surface area (Å²) in [6.45, 7) is 4.93. The van der Waals surface area contributed by atoms with Crippen molar-refractivity contribution in [3.8, 4) is 0 Å². The van der Waals surface area contributed by atoms with Crippen LogP contribution in [0.15, 0.2) is 23.2 Å². The number of pyridine rings is 1. The zero-order valence-electron chi connectivity index (χ0n) is 12.2. The Morgan fingerprint density at radius 3 is 2.75 bits per heavy atom. The van der Waals surface area contributed by atoms with Crippen LogP contribution in [0.1, 0.15) is 26.7 Å². The van der Waals surface area contributed by atoms with E-state index < -0.39 is 10.0 Å². The van der Waals surface area contributed by atoms with E-state index >= 15 is 0 Å². The summed E-state index contributed by atoms with van der Waals surface area (Å²) in [4.78, 5) is 4.27. The van der Waals surface area contributed by atoms with Gasteiger partial charge in [-0.15, -0.1) is 0 Å². The van der Waals surface area contributed by atoms with Gasteiger partial charge in [-0.2, -0.15) is 0 Å². The number of hydrogen-bond acceptors (Lipinski definition) is 5. The number of hydrogen-bond donors (Lipinski definition) is 2. The molecule has 1 aromatic rings. The minimum absolute atomic E-state index is 0.169. The smallest absolute Gasteiger partial charge is 0.244 e. The van der Waals surface area contributed by atoms with Gasteiger partial charge in [-0.1, -0.05) is 13.8 Å². The van der Waals surface area contributed by atoms with E-state index in [1.165, 1.54) is 0 Å². The maximum Gasteiger partial charge on any atom is 0.244 e. The molecule has 0 aliphatic carbocycles. The molecular weight excluding hydrogens is 278 g/mol. The molecule has 0 aliphatic heterocycles. The molecule has 0 radical (unpaired) electrons. The first-order valence-corrected chi connectivity index (χ1v) is 8.23. The van der Waals surface area contributed by atoms with Crippen molar-refractivity contribution in [2.75, 3.05) is 25.6 Å². The summed E-state index contributed by atoms with van der Waals surface area (Å²) < 4.78 is 32.5. The summed E-state index contributed by atoms with van der Waals surface area (Å²) in [5, 5.41) is 3.03. The van der Waals surface area contributed by atoms with Gasteiger partial charge in [0.25, 0.3) is 0 Å². The molecule has 0 fully saturated rings. The highest BCUT2D eigenvalue weighted by atomic mass is 32.2. The summed E-state index contributed by atoms with van der Waals surface area (Å²) in [5.74, 6) is 0.383. The van der Waals surface area contributed by atoms with Crippen molar-refractivity contribution >= 4 is 15.8 Å². The van der Waals surface area contributed by atoms with Crippen LogP contribution in [-0.2, 0) is 14.8 Å². The van der Waals surface area contributed by atoms with Crippen LogP contribution in [-0.4, -0.2) is 39.7 Å². The number of nitrogens with one attached hydrogen (secondary N) is 2. The molecule has 0 spiro atoms. The second kappa shape index (κ2) is 8.18. The van der Waals surface area contributed by atoms with Gasteiger partial charge in [-0.25, -0.2) is 18.1 Å². The molecule has 7 heteroatoms. The Morgan fingerprint density at radius 1 is 1.40 bits per heavy atom. The van der Waals surface area contributed by atoms with Gasteiger partial charge in [0.2, 0.25) is 10.0 Å². The lowest BCUT2D eigenvalue weighted by Gasteiger charge is -2.17. The van der Waals surface area contributed by atoms with Crippen molar-refractivity contribution < 1.29 is 13.2 Å². The molecule has 6 nitrogen and oxygen atoms in total. The first kappa shape index (κ1) is 16.9. The van der Waals surface area contributed by atoms with Crippen LogP contribution in [0.25, 0.3) is 0 Å². The lowest BCUT2D eigenvalue weighted by molar-refractivity contribution is 0.173. The van der Waals surface area contributed by atoms with Crippen molar-refractivity contribution in [1.29, 1.82) is 0 Å². The first-order chi connectivity index (χ1) is 9.55. The fraction of sp³-hybridized carbons (Fsp3) is 0.615. The van der Waals surface area contributed by atoms with E-state index in [0.29, 0.717) is 25.4 Å². The Morgan fingerprint density at radius 2 is 2.15 bits per heavy atom. The maximum atomic E-state index is 12.4. The Bertz CT molecular complexity index is 505. The number of anilines is 1. The second-order valence-electron chi connectivity index (χ2n) is 4.46. The van der Waals surface area contributed by atoms with E-state index in [9.17, 15) is 8.42 Å². The molecule has 1 atom stereocenters. The highest BCUT2D eigenvalue weighted by molar-refractivity contribution is 7.89. The lowest BCUT2D eigenvalue weighted by Crippen LogP contribution is -2.37. The zero-order valence-corrected chi connectivity index (χ0v) is 13.0. The molecule has 1 unspecified atom stereocenters. The van der Waals surface area contributed by atoms with Gasteiger partial charge in [-0.05, 0) is 25.0 Å². The van der Waals surface area contributed by atoms with Gasteiger partial charge in [0.1, 0.15) is 10.7 Å². The highest BCUT2D eigenvalue weighted by Gasteiger charge is 2.22. The average Bonchev–Trinajstić information content (AvgIpc) is 2.44. The number of sulfonamides is 1. The number of nitrogens with zero attached hydrogens (tertiary/aromatic N) is 1. The van der Waals surface area contributed by atoms with Crippen LogP contribution in [0, 0.1) is 0 Å². The van der Waals surface area contributed by atoms with Gasteiger partial charge >= 0.3 is 0 Å². The van der Waals surface area contributed by atoms with Crippen molar-refractivity contribution in [1.82, 2.24) is 9.71 Å². The average molecular weight is 301 g/mol. The number of ether oxygens (including phenoxy) is 1. The number of rotatable bonds is 9. The Balaban J connectivity index is 2.96. The monoisotopic (exact) mass is 301 g/mol. The molecule has 0 saturated heterocycles. The quantitative estimate of drug-likeness (QED) is 0.724. The predicted octanol–water partition coefficient (Wildman–Crippen LogP) is 1.61. The van der Waals surface area contributed by atoms with E-state index in [-0.39, 0.29) is 10.9 Å². The minimum Gasteiger partial charge on any atom is -0.383 e. The van der Waals surface area contributed by atoms with E-state index in [4.69, 9.17) is 4.74 Å². The molecule has 0 aromatic carbocycles. The lowest BCUT2D eigenvalue weighted by atomic mass is 10.3. The van der Waals surface area contributed by atoms with Crippen LogP contribution >= 0.6 is 0 Å². The van der Waals surface area contributed by atoms with Gasteiger partial charge in [0.15, 0.2) is 0 Å². The molecule has 1 aromatic heterocycles. The van der Waals surface area contributed by atoms with Crippen LogP contribution in [0.3, 0.4) is 0 Å². The Kier molecular flexibility index (Phi) is 6.90. The van der Waals surface area contributed by atoms with Gasteiger partial charge < -0.3 is 10.1 Å². The standard InChI is InChI=1S/C13H23N3O3S/c1-4-8-14-13-12(7-6-9-15-13)20(17,18)16-11(5-2)10-19-3/h6-7,9,11,16H,4-5,8,10H2,1-3H3,(H,14,15). The van der Waals surface area contributed by atoms with E-state index in [2.05, 4.69) is 15.0 Å². The van der Waals surface area contributed by atoms with E-state index in [1.54, 1.807) is 25.4 Å². The molecule has 0 bridgehead atoms. The fourth-order valence-electron chi connectivity index (χ4n) is 1.70. The normalized spacial score (nSPS) is 13.2. The van der Waals surface area contributed by atoms with E-state index in [1.807, 2.05) is 13.8 Å². The van der Waals surface area contributed by atoms with Crippen molar-refractivity contribution in [3.05, 3.63) is 18.3 Å². The summed E-state index contributed by atoms with van der Waals surface area (Å²) in [6, 6.07) is 2.92. The zero-order chi connectivity index (χ0) is 15.0. The SMILES string of the molecule is CCCNc1ncccc1S(=O)(=O)NC(CC)COC. The van der Waals surface area contributed by atoms with Crippen molar-refractivity contribution in [2.45, 2.75) is 37.6 Å². The van der Waals surface area contributed by atoms with Crippen LogP contribution in [0.2, 0.25) is 0 Å². The third kappa shape index (κ3) is 4.73. The minimum atomic E-state index is -3.61. The third-order valence-corrected chi connectivity index (χ3v) is 4.34. The molecule has 114 valence electrons. The molecule has 1 heterocycles. The highest BCUT2D eigenvalue weighted by Crippen LogP contribution is 2.18. The molecule has 0 saturated carbocycles. The second-order valence-corrected chi connectivity index (χ2v) is 6.14. The number of methoxy groups -OCH3 is 1. The molecule has 0 amide bonds. The largest absolute Gasteiger partial charge is 0.383 e. The molecule has 0 aliphatic rings. The fourth-order valence-corrected chi connectivity index (χ4v) is 3.14. The van der Waals surface area contributed by atoms with Gasteiger partial charge in [-0.3, -0.25) is 0 Å². The third-order valence-electron chi connectivity index (χ3n) is 2.79. The molecule has 1 rings (SSSR count). The molecule has 2 N–H and O–H groups in total. The summed E-state index contributed by atoms with van der Waals surface area (Å²) in [7, 11) is -2.06. The first-order valence-electron chi connectivity index (χ1n) is 6.75. The summed E-state index contributed by atoms with van der Waals surface area (Å²) in [5.41, 5.74) is 0. The van der Waals surface area contributed by atoms with Crippen molar-refractivity contribution in [2.24, 2.45) is 0 Å². The van der Waals surface area contributed by atoms with E-state index in [0.717, 1.165) is 6.42 Å². The van der Waals surface area contributed by atoms with Crippen LogP contribution in [0.5, 0.6) is 0 Å². The topological polar surface area (TPSA) is 80.3 Å². The summed E-state index contributed by atoms with van der Waals surface area (Å²) >= 11 is 0. The van der Waals surface area contributed by atoms with Crippen LogP contribution < -0.4 is 10.0 Å². The van der Waals surface area contributed by atoms with Gasteiger partial charge in [0, 0.05) is 25.9 Å². The molecular formula is C13H23N3O3S. The Hall–Kier alpha value is -1.18. The van der Waals surface area contributed by atoms with Crippen molar-refractivity contribution in [3.63, 3.8) is 0 Å². The van der Waals surface area contributed by atoms with Gasteiger partial charge in [0.05, 0.1) is 6.61 Å². The van der Waals surface area contributed by atoms with Crippen LogP contribution in [0.4, 0.5) is 5.82 Å². The summed E-state index contributed by atoms with van der Waals surface area (Å²) in [6.07, 6.45) is 3.12. The maximum absolute atomic E-state index is 12.4. The predicted molar refractivity (Wildman–Crippen MR) is 79.3 cm³/mol. The molecule has 20 heavy (non-hydrogen) atoms. The number of aromatic nitrogens is 1.